The number of rotatable bonds is 6. The van der Waals surface area contributed by atoms with Crippen molar-refractivity contribution in [3.05, 3.63) is 77.4 Å². The zero-order chi connectivity index (χ0) is 22.0. The number of amides is 1. The lowest BCUT2D eigenvalue weighted by molar-refractivity contribution is 0.0940. The number of aromatic nitrogens is 6. The molecule has 2 aromatic heterocycles. The van der Waals surface area contributed by atoms with Crippen LogP contribution < -0.4 is 5.32 Å². The fraction of sp³-hybridized carbons (Fsp3) is 0.261. The van der Waals surface area contributed by atoms with E-state index in [4.69, 9.17) is 0 Å². The van der Waals surface area contributed by atoms with Gasteiger partial charge in [0, 0.05) is 23.2 Å². The molecule has 8 nitrogen and oxygen atoms in total. The summed E-state index contributed by atoms with van der Waals surface area (Å²) in [6.07, 6.45) is 3.48. The number of aryl methyl sites for hydroxylation is 1. The Morgan fingerprint density at radius 3 is 2.52 bits per heavy atom. The van der Waals surface area contributed by atoms with Gasteiger partial charge in [-0.1, -0.05) is 43.7 Å². The van der Waals surface area contributed by atoms with Crippen molar-refractivity contribution >= 4 is 5.91 Å². The summed E-state index contributed by atoms with van der Waals surface area (Å²) >= 11 is 0. The molecular formula is C23H25N7O. The van der Waals surface area contributed by atoms with Crippen LogP contribution in [0.1, 0.15) is 60.0 Å². The van der Waals surface area contributed by atoms with Gasteiger partial charge in [-0.15, -0.1) is 5.10 Å². The predicted molar refractivity (Wildman–Crippen MR) is 118 cm³/mol. The zero-order valence-electron chi connectivity index (χ0n) is 18.0. The number of benzene rings is 2. The van der Waals surface area contributed by atoms with Crippen LogP contribution in [0, 0.1) is 6.92 Å². The van der Waals surface area contributed by atoms with Crippen LogP contribution in [0.15, 0.2) is 54.9 Å². The minimum Gasteiger partial charge on any atom is -0.345 e. The number of carbonyl (C=O) groups excluding carboxylic acids is 1. The van der Waals surface area contributed by atoms with Gasteiger partial charge in [-0.2, -0.15) is 9.78 Å². The first-order valence-electron chi connectivity index (χ1n) is 10.2. The van der Waals surface area contributed by atoms with Gasteiger partial charge in [-0.3, -0.25) is 9.89 Å². The molecule has 4 rings (SSSR count). The number of nitrogens with one attached hydrogen (secondary N) is 2. The van der Waals surface area contributed by atoms with Crippen LogP contribution in [-0.2, 0) is 0 Å². The van der Waals surface area contributed by atoms with E-state index >= 15 is 0 Å². The second kappa shape index (κ2) is 8.51. The summed E-state index contributed by atoms with van der Waals surface area (Å²) < 4.78 is 1.69. The van der Waals surface area contributed by atoms with Crippen LogP contribution in [-0.4, -0.2) is 36.3 Å². The number of carbonyl (C=O) groups is 1. The lowest BCUT2D eigenvalue weighted by Gasteiger charge is -2.15. The van der Waals surface area contributed by atoms with Crippen molar-refractivity contribution in [2.24, 2.45) is 0 Å². The lowest BCUT2D eigenvalue weighted by atomic mass is 10.00. The number of tetrazole rings is 1. The Balaban J connectivity index is 1.76. The first-order valence-corrected chi connectivity index (χ1v) is 10.2. The molecule has 158 valence electrons. The van der Waals surface area contributed by atoms with Crippen LogP contribution in [0.4, 0.5) is 0 Å². The van der Waals surface area contributed by atoms with Crippen molar-refractivity contribution in [2.75, 3.05) is 0 Å². The van der Waals surface area contributed by atoms with Gasteiger partial charge in [0.2, 0.25) is 0 Å². The number of hydrogen-bond donors (Lipinski definition) is 2. The van der Waals surface area contributed by atoms with Crippen LogP contribution in [0.2, 0.25) is 0 Å². The van der Waals surface area contributed by atoms with Crippen molar-refractivity contribution in [3.8, 4) is 16.8 Å². The molecule has 0 radical (unpaired) electrons. The summed E-state index contributed by atoms with van der Waals surface area (Å²) in [5.74, 6) is 0.693. The number of nitrogens with zero attached hydrogens (tertiary/aromatic N) is 5. The molecule has 1 amide bonds. The van der Waals surface area contributed by atoms with E-state index in [0.29, 0.717) is 5.56 Å². The summed E-state index contributed by atoms with van der Waals surface area (Å²) in [5, 5.41) is 21.9. The molecule has 1 atom stereocenters. The Bertz CT molecular complexity index is 1180. The normalized spacial score (nSPS) is 12.2. The average Bonchev–Trinajstić information content (AvgIpc) is 3.46. The molecule has 2 heterocycles. The van der Waals surface area contributed by atoms with Gasteiger partial charge in [0.15, 0.2) is 5.82 Å². The van der Waals surface area contributed by atoms with Gasteiger partial charge in [-0.05, 0) is 53.6 Å². The summed E-state index contributed by atoms with van der Waals surface area (Å²) in [6, 6.07) is 13.7. The SMILES string of the molecule is Cc1ccc(-c2cc(C(=O)NC(C)c3cn[nH]c3)cc(-n3nnnc3C(C)C)c2)cc1. The molecule has 0 bridgehead atoms. The number of hydrogen-bond acceptors (Lipinski definition) is 5. The van der Waals surface area contributed by atoms with E-state index in [2.05, 4.69) is 43.2 Å². The lowest BCUT2D eigenvalue weighted by Crippen LogP contribution is -2.26. The maximum atomic E-state index is 13.1. The minimum atomic E-state index is -0.183. The molecule has 0 aliphatic rings. The van der Waals surface area contributed by atoms with E-state index in [9.17, 15) is 4.79 Å². The molecule has 4 aromatic rings. The Morgan fingerprint density at radius 1 is 1.06 bits per heavy atom. The highest BCUT2D eigenvalue weighted by molar-refractivity contribution is 5.96. The van der Waals surface area contributed by atoms with Crippen LogP contribution in [0.25, 0.3) is 16.8 Å². The molecule has 0 spiro atoms. The topological polar surface area (TPSA) is 101 Å². The molecule has 8 heteroatoms. The fourth-order valence-corrected chi connectivity index (χ4v) is 3.38. The highest BCUT2D eigenvalue weighted by atomic mass is 16.1. The van der Waals surface area contributed by atoms with Crippen molar-refractivity contribution in [2.45, 2.75) is 39.7 Å². The molecule has 0 saturated heterocycles. The first-order chi connectivity index (χ1) is 14.9. The van der Waals surface area contributed by atoms with Gasteiger partial charge < -0.3 is 5.32 Å². The Morgan fingerprint density at radius 2 is 1.84 bits per heavy atom. The summed E-state index contributed by atoms with van der Waals surface area (Å²) in [7, 11) is 0. The molecule has 0 saturated carbocycles. The molecule has 2 aromatic carbocycles. The van der Waals surface area contributed by atoms with E-state index in [1.807, 2.05) is 58.0 Å². The quantitative estimate of drug-likeness (QED) is 0.496. The minimum absolute atomic E-state index is 0.136. The van der Waals surface area contributed by atoms with E-state index in [-0.39, 0.29) is 17.9 Å². The van der Waals surface area contributed by atoms with Gasteiger partial charge in [0.1, 0.15) is 0 Å². The second-order valence-corrected chi connectivity index (χ2v) is 7.96. The maximum Gasteiger partial charge on any atom is 0.251 e. The predicted octanol–water partition coefficient (Wildman–Crippen LogP) is 3.98. The van der Waals surface area contributed by atoms with Crippen molar-refractivity contribution < 1.29 is 4.79 Å². The van der Waals surface area contributed by atoms with Crippen LogP contribution in [0.3, 0.4) is 0 Å². The third-order valence-corrected chi connectivity index (χ3v) is 5.19. The number of aromatic amines is 1. The Labute approximate surface area is 180 Å². The maximum absolute atomic E-state index is 13.1. The van der Waals surface area contributed by atoms with E-state index in [1.165, 1.54) is 5.56 Å². The van der Waals surface area contributed by atoms with Crippen molar-refractivity contribution in [1.29, 1.82) is 0 Å². The van der Waals surface area contributed by atoms with Gasteiger partial charge >= 0.3 is 0 Å². The van der Waals surface area contributed by atoms with E-state index in [1.54, 1.807) is 17.1 Å². The summed E-state index contributed by atoms with van der Waals surface area (Å²) in [4.78, 5) is 13.1. The van der Waals surface area contributed by atoms with E-state index < -0.39 is 0 Å². The van der Waals surface area contributed by atoms with Crippen LogP contribution >= 0.6 is 0 Å². The summed E-state index contributed by atoms with van der Waals surface area (Å²) in [5.41, 5.74) is 5.30. The third-order valence-electron chi connectivity index (χ3n) is 5.19. The molecule has 1 unspecified atom stereocenters. The van der Waals surface area contributed by atoms with Crippen molar-refractivity contribution in [3.63, 3.8) is 0 Å². The molecular weight excluding hydrogens is 390 g/mol. The monoisotopic (exact) mass is 415 g/mol. The van der Waals surface area contributed by atoms with E-state index in [0.717, 1.165) is 28.2 Å². The zero-order valence-corrected chi connectivity index (χ0v) is 18.0. The fourth-order valence-electron chi connectivity index (χ4n) is 3.38. The molecule has 0 fully saturated rings. The first kappa shape index (κ1) is 20.5. The standard InChI is InChI=1S/C23H25N7O/c1-14(2)22-27-28-29-30(22)21-10-18(17-7-5-15(3)6-8-17)9-19(11-21)23(31)26-16(4)20-12-24-25-13-20/h5-14,16H,1-4H3,(H,24,25)(H,26,31). The van der Waals surface area contributed by atoms with Gasteiger partial charge in [0.25, 0.3) is 5.91 Å². The summed E-state index contributed by atoms with van der Waals surface area (Å²) in [6.45, 7) is 8.04. The highest BCUT2D eigenvalue weighted by Crippen LogP contribution is 2.26. The highest BCUT2D eigenvalue weighted by Gasteiger charge is 2.18. The second-order valence-electron chi connectivity index (χ2n) is 7.96. The van der Waals surface area contributed by atoms with Crippen molar-refractivity contribution in [1.82, 2.24) is 35.7 Å². The number of H-pyrrole nitrogens is 1. The molecule has 0 aliphatic carbocycles. The smallest absolute Gasteiger partial charge is 0.251 e. The third kappa shape index (κ3) is 4.37. The largest absolute Gasteiger partial charge is 0.345 e. The van der Waals surface area contributed by atoms with Crippen LogP contribution in [0.5, 0.6) is 0 Å². The average molecular weight is 416 g/mol. The van der Waals surface area contributed by atoms with Gasteiger partial charge in [0.05, 0.1) is 17.9 Å². The molecule has 31 heavy (non-hydrogen) atoms. The Hall–Kier alpha value is -3.81. The molecule has 2 N–H and O–H groups in total. The Kier molecular flexibility index (Phi) is 5.62. The molecule has 0 aliphatic heterocycles. The van der Waals surface area contributed by atoms with Gasteiger partial charge in [-0.25, -0.2) is 0 Å².